The van der Waals surface area contributed by atoms with Gasteiger partial charge in [-0.25, -0.2) is 4.98 Å². The van der Waals surface area contributed by atoms with Gasteiger partial charge in [0.1, 0.15) is 23.4 Å². The van der Waals surface area contributed by atoms with E-state index in [1.807, 2.05) is 78.9 Å². The first-order valence-corrected chi connectivity index (χ1v) is 8.22. The Balaban J connectivity index is 1.65. The van der Waals surface area contributed by atoms with Crippen LogP contribution in [0.5, 0.6) is 11.5 Å². The number of hydrogen-bond donors (Lipinski definition) is 1. The van der Waals surface area contributed by atoms with Crippen LogP contribution >= 0.6 is 0 Å². The van der Waals surface area contributed by atoms with Crippen LogP contribution < -0.4 is 4.74 Å². The first kappa shape index (κ1) is 15.7. The van der Waals surface area contributed by atoms with Gasteiger partial charge in [0, 0.05) is 0 Å². The predicted molar refractivity (Wildman–Crippen MR) is 103 cm³/mol. The van der Waals surface area contributed by atoms with E-state index in [4.69, 9.17) is 4.74 Å². The minimum absolute atomic E-state index is 0.470. The second-order valence-electron chi connectivity index (χ2n) is 5.76. The maximum atomic E-state index is 9.56. The Morgan fingerprint density at radius 2 is 1.69 bits per heavy atom. The molecular formula is C22H15N3O. The molecule has 1 heterocycles. The van der Waals surface area contributed by atoms with Gasteiger partial charge in [0.15, 0.2) is 0 Å². The molecule has 0 aliphatic rings. The summed E-state index contributed by atoms with van der Waals surface area (Å²) in [5.41, 5.74) is 3.09. The number of ether oxygens (including phenoxy) is 1. The zero-order chi connectivity index (χ0) is 17.8. The van der Waals surface area contributed by atoms with Crippen LogP contribution in [0.2, 0.25) is 0 Å². The van der Waals surface area contributed by atoms with Gasteiger partial charge in [-0.1, -0.05) is 42.5 Å². The summed E-state index contributed by atoms with van der Waals surface area (Å²) < 4.78 is 5.85. The zero-order valence-corrected chi connectivity index (χ0v) is 13.9. The number of hydrogen-bond acceptors (Lipinski definition) is 3. The van der Waals surface area contributed by atoms with E-state index in [1.165, 1.54) is 0 Å². The maximum absolute atomic E-state index is 9.56. The van der Waals surface area contributed by atoms with Crippen molar-refractivity contribution in [3.05, 3.63) is 90.3 Å². The molecule has 4 heteroatoms. The van der Waals surface area contributed by atoms with Gasteiger partial charge in [0.05, 0.1) is 16.6 Å². The van der Waals surface area contributed by atoms with Crippen LogP contribution in [0.3, 0.4) is 0 Å². The first-order valence-electron chi connectivity index (χ1n) is 8.22. The average Bonchev–Trinajstić information content (AvgIpc) is 3.11. The van der Waals surface area contributed by atoms with E-state index in [2.05, 4.69) is 16.0 Å². The number of imidazole rings is 1. The lowest BCUT2D eigenvalue weighted by Gasteiger charge is -2.06. The molecule has 0 radical (unpaired) electrons. The number of aromatic amines is 1. The SMILES string of the molecule is N#C/C(=C\c1cccc(Oc2ccccc2)c1)c1nc2ccccc2[nH]1. The van der Waals surface area contributed by atoms with E-state index >= 15 is 0 Å². The molecule has 124 valence electrons. The van der Waals surface area contributed by atoms with E-state index in [0.29, 0.717) is 17.1 Å². The van der Waals surface area contributed by atoms with Crippen molar-refractivity contribution in [1.29, 1.82) is 5.26 Å². The molecule has 0 saturated heterocycles. The van der Waals surface area contributed by atoms with Gasteiger partial charge in [-0.2, -0.15) is 5.26 Å². The molecule has 4 aromatic rings. The lowest BCUT2D eigenvalue weighted by atomic mass is 10.1. The highest BCUT2D eigenvalue weighted by atomic mass is 16.5. The third-order valence-electron chi connectivity index (χ3n) is 3.91. The van der Waals surface area contributed by atoms with E-state index in [9.17, 15) is 5.26 Å². The number of nitrogens with zero attached hydrogens (tertiary/aromatic N) is 2. The smallest absolute Gasteiger partial charge is 0.149 e. The van der Waals surface area contributed by atoms with Gasteiger partial charge in [-0.3, -0.25) is 0 Å². The van der Waals surface area contributed by atoms with E-state index < -0.39 is 0 Å². The summed E-state index contributed by atoms with van der Waals surface area (Å²) in [6.07, 6.45) is 1.80. The fourth-order valence-corrected chi connectivity index (χ4v) is 2.69. The number of H-pyrrole nitrogens is 1. The molecule has 3 aromatic carbocycles. The van der Waals surface area contributed by atoms with Gasteiger partial charge in [-0.05, 0) is 48.0 Å². The largest absolute Gasteiger partial charge is 0.457 e. The summed E-state index contributed by atoms with van der Waals surface area (Å²) in [5.74, 6) is 2.04. The highest BCUT2D eigenvalue weighted by molar-refractivity contribution is 5.90. The Hall–Kier alpha value is -3.84. The van der Waals surface area contributed by atoms with E-state index in [-0.39, 0.29) is 0 Å². The van der Waals surface area contributed by atoms with Gasteiger partial charge in [-0.15, -0.1) is 0 Å². The highest BCUT2D eigenvalue weighted by Crippen LogP contribution is 2.24. The molecule has 0 amide bonds. The van der Waals surface area contributed by atoms with Gasteiger partial charge in [0.2, 0.25) is 0 Å². The van der Waals surface area contributed by atoms with Gasteiger partial charge in [0.25, 0.3) is 0 Å². The summed E-state index contributed by atoms with van der Waals surface area (Å²) in [6.45, 7) is 0. The number of nitrogens with one attached hydrogen (secondary N) is 1. The van der Waals surface area contributed by atoms with E-state index in [1.54, 1.807) is 6.08 Å². The van der Waals surface area contributed by atoms with Crippen LogP contribution in [0.1, 0.15) is 11.4 Å². The van der Waals surface area contributed by atoms with Gasteiger partial charge >= 0.3 is 0 Å². The molecule has 0 saturated carbocycles. The van der Waals surface area contributed by atoms with Crippen molar-refractivity contribution >= 4 is 22.7 Å². The minimum Gasteiger partial charge on any atom is -0.457 e. The van der Waals surface area contributed by atoms with E-state index in [0.717, 1.165) is 22.3 Å². The van der Waals surface area contributed by atoms with Crippen molar-refractivity contribution < 1.29 is 4.74 Å². The molecule has 4 nitrogen and oxygen atoms in total. The van der Waals surface area contributed by atoms with Crippen LogP contribution in [0.4, 0.5) is 0 Å². The molecule has 1 N–H and O–H groups in total. The zero-order valence-electron chi connectivity index (χ0n) is 13.9. The van der Waals surface area contributed by atoms with Crippen molar-refractivity contribution in [2.75, 3.05) is 0 Å². The normalized spacial score (nSPS) is 11.3. The summed E-state index contributed by atoms with van der Waals surface area (Å²) in [7, 11) is 0. The van der Waals surface area contributed by atoms with Crippen LogP contribution in [0.25, 0.3) is 22.7 Å². The quantitative estimate of drug-likeness (QED) is 0.506. The van der Waals surface area contributed by atoms with Crippen molar-refractivity contribution in [2.24, 2.45) is 0 Å². The topological polar surface area (TPSA) is 61.7 Å². The predicted octanol–water partition coefficient (Wildman–Crippen LogP) is 5.42. The number of benzene rings is 3. The number of fused-ring (bicyclic) bond motifs is 1. The van der Waals surface area contributed by atoms with Crippen LogP contribution in [-0.2, 0) is 0 Å². The second kappa shape index (κ2) is 6.96. The Bertz CT molecular complexity index is 1090. The molecule has 0 bridgehead atoms. The molecule has 0 fully saturated rings. The van der Waals surface area contributed by atoms with Gasteiger partial charge < -0.3 is 9.72 Å². The number of aromatic nitrogens is 2. The summed E-state index contributed by atoms with van der Waals surface area (Å²) in [5, 5.41) is 9.56. The number of nitriles is 1. The molecule has 26 heavy (non-hydrogen) atoms. The standard InChI is InChI=1S/C22H15N3O/c23-15-17(22-24-20-11-4-5-12-21(20)25-22)13-16-7-6-10-19(14-16)26-18-8-2-1-3-9-18/h1-14H,(H,24,25)/b17-13+. The van der Waals surface area contributed by atoms with Crippen LogP contribution in [0, 0.1) is 11.3 Å². The lowest BCUT2D eigenvalue weighted by molar-refractivity contribution is 0.482. The van der Waals surface area contributed by atoms with Crippen molar-refractivity contribution in [3.63, 3.8) is 0 Å². The van der Waals surface area contributed by atoms with Crippen LogP contribution in [0.15, 0.2) is 78.9 Å². The van der Waals surface area contributed by atoms with Crippen molar-refractivity contribution in [1.82, 2.24) is 9.97 Å². The third-order valence-corrected chi connectivity index (χ3v) is 3.91. The number of allylic oxidation sites excluding steroid dienone is 1. The Morgan fingerprint density at radius 3 is 2.50 bits per heavy atom. The summed E-state index contributed by atoms with van der Waals surface area (Å²) >= 11 is 0. The van der Waals surface area contributed by atoms with Crippen LogP contribution in [-0.4, -0.2) is 9.97 Å². The molecule has 0 atom stereocenters. The Morgan fingerprint density at radius 1 is 0.923 bits per heavy atom. The fourth-order valence-electron chi connectivity index (χ4n) is 2.69. The molecular weight excluding hydrogens is 322 g/mol. The number of para-hydroxylation sites is 3. The monoisotopic (exact) mass is 337 g/mol. The molecule has 0 unspecified atom stereocenters. The fraction of sp³-hybridized carbons (Fsp3) is 0. The number of rotatable bonds is 4. The highest BCUT2D eigenvalue weighted by Gasteiger charge is 2.08. The Labute approximate surface area is 151 Å². The molecule has 0 spiro atoms. The van der Waals surface area contributed by atoms with Crippen molar-refractivity contribution in [3.8, 4) is 17.6 Å². The lowest BCUT2D eigenvalue weighted by Crippen LogP contribution is -1.87. The Kier molecular flexibility index (Phi) is 4.19. The van der Waals surface area contributed by atoms with Crippen molar-refractivity contribution in [2.45, 2.75) is 0 Å². The second-order valence-corrected chi connectivity index (χ2v) is 5.76. The minimum atomic E-state index is 0.470. The molecule has 1 aromatic heterocycles. The summed E-state index contributed by atoms with van der Waals surface area (Å²) in [4.78, 5) is 7.68. The average molecular weight is 337 g/mol. The maximum Gasteiger partial charge on any atom is 0.149 e. The summed E-state index contributed by atoms with van der Waals surface area (Å²) in [6, 6.07) is 27.1. The first-order chi connectivity index (χ1) is 12.8. The molecule has 0 aliphatic carbocycles. The third kappa shape index (κ3) is 3.33. The molecule has 4 rings (SSSR count). The molecule has 0 aliphatic heterocycles.